The molecule has 3 nitrogen and oxygen atoms in total. The second-order valence-electron chi connectivity index (χ2n) is 3.33. The highest BCUT2D eigenvalue weighted by molar-refractivity contribution is 5.93. The highest BCUT2D eigenvalue weighted by Crippen LogP contribution is 2.24. The molecule has 0 fully saturated rings. The third-order valence-corrected chi connectivity index (χ3v) is 2.15. The zero-order valence-electron chi connectivity index (χ0n) is 8.56. The summed E-state index contributed by atoms with van der Waals surface area (Å²) in [6.45, 7) is 3.59. The van der Waals surface area contributed by atoms with Crippen molar-refractivity contribution in [2.45, 2.75) is 13.8 Å². The van der Waals surface area contributed by atoms with E-state index in [0.717, 1.165) is 16.8 Å². The lowest BCUT2D eigenvalue weighted by atomic mass is 10.1. The van der Waals surface area contributed by atoms with Gasteiger partial charge in [-0.3, -0.25) is 5.41 Å². The van der Waals surface area contributed by atoms with Crippen molar-refractivity contribution in [1.29, 1.82) is 5.41 Å². The van der Waals surface area contributed by atoms with Gasteiger partial charge >= 0.3 is 0 Å². The summed E-state index contributed by atoms with van der Waals surface area (Å²) < 4.78 is 13.0. The molecule has 0 aliphatic heterocycles. The van der Waals surface area contributed by atoms with Crippen LogP contribution in [0.15, 0.2) is 12.1 Å². The van der Waals surface area contributed by atoms with E-state index >= 15 is 0 Å². The van der Waals surface area contributed by atoms with E-state index in [2.05, 4.69) is 0 Å². The van der Waals surface area contributed by atoms with Gasteiger partial charge in [-0.05, 0) is 37.1 Å². The first-order valence-electron chi connectivity index (χ1n) is 4.28. The van der Waals surface area contributed by atoms with Gasteiger partial charge in [-0.25, -0.2) is 4.39 Å². The van der Waals surface area contributed by atoms with Crippen LogP contribution >= 0.6 is 0 Å². The molecule has 1 rings (SSSR count). The van der Waals surface area contributed by atoms with Crippen molar-refractivity contribution in [1.82, 2.24) is 0 Å². The fraction of sp³-hybridized carbons (Fsp3) is 0.300. The Labute approximate surface area is 82.8 Å². The van der Waals surface area contributed by atoms with E-state index < -0.39 is 0 Å². The molecule has 4 heteroatoms. The Morgan fingerprint density at radius 2 is 1.79 bits per heavy atom. The van der Waals surface area contributed by atoms with E-state index in [0.29, 0.717) is 0 Å². The normalized spacial score (nSPS) is 10.0. The maximum absolute atomic E-state index is 13.0. The smallest absolute Gasteiger partial charge is 0.192 e. The second kappa shape index (κ2) is 3.65. The van der Waals surface area contributed by atoms with Crippen LogP contribution in [-0.4, -0.2) is 13.0 Å². The van der Waals surface area contributed by atoms with Gasteiger partial charge in [0.2, 0.25) is 0 Å². The second-order valence-corrected chi connectivity index (χ2v) is 3.33. The van der Waals surface area contributed by atoms with E-state index in [9.17, 15) is 4.39 Å². The summed E-state index contributed by atoms with van der Waals surface area (Å²) in [6, 6.07) is 2.86. The molecule has 0 unspecified atom stereocenters. The van der Waals surface area contributed by atoms with Gasteiger partial charge in [0, 0.05) is 12.7 Å². The summed E-state index contributed by atoms with van der Waals surface area (Å²) in [6.07, 6.45) is 0. The molecule has 0 aliphatic carbocycles. The Kier molecular flexibility index (Phi) is 2.74. The number of nitrogens with two attached hydrogens (primary N) is 1. The molecule has 14 heavy (non-hydrogen) atoms. The predicted octanol–water partition coefficient (Wildman–Crippen LogP) is 1.77. The Bertz CT molecular complexity index is 351. The van der Waals surface area contributed by atoms with Crippen molar-refractivity contribution in [3.05, 3.63) is 29.1 Å². The number of nitrogens with zero attached hydrogens (tertiary/aromatic N) is 1. The number of nitrogens with one attached hydrogen (secondary N) is 1. The molecular formula is C10H14FN3. The molecular weight excluding hydrogens is 181 g/mol. The van der Waals surface area contributed by atoms with Gasteiger partial charge in [0.25, 0.3) is 0 Å². The van der Waals surface area contributed by atoms with Crippen LogP contribution in [0.25, 0.3) is 0 Å². The first-order chi connectivity index (χ1) is 6.43. The molecule has 0 radical (unpaired) electrons. The molecule has 0 atom stereocenters. The molecule has 3 N–H and O–H groups in total. The molecule has 0 amide bonds. The number of hydrogen-bond acceptors (Lipinski definition) is 1. The van der Waals surface area contributed by atoms with Crippen LogP contribution in [0, 0.1) is 25.1 Å². The molecule has 1 aromatic rings. The summed E-state index contributed by atoms with van der Waals surface area (Å²) in [4.78, 5) is 1.53. The number of benzene rings is 1. The molecule has 1 aromatic carbocycles. The van der Waals surface area contributed by atoms with Crippen LogP contribution in [0.3, 0.4) is 0 Å². The van der Waals surface area contributed by atoms with E-state index in [-0.39, 0.29) is 11.8 Å². The third kappa shape index (κ3) is 1.84. The van der Waals surface area contributed by atoms with Gasteiger partial charge in [-0.1, -0.05) is 0 Å². The zero-order chi connectivity index (χ0) is 10.9. The Balaban J connectivity index is 3.27. The van der Waals surface area contributed by atoms with Crippen LogP contribution in [0.5, 0.6) is 0 Å². The molecule has 0 heterocycles. The van der Waals surface area contributed by atoms with Crippen molar-refractivity contribution in [2.24, 2.45) is 5.73 Å². The maximum Gasteiger partial charge on any atom is 0.192 e. The number of guanidine groups is 1. The molecule has 0 spiro atoms. The number of halogens is 1. The molecule has 0 aliphatic rings. The first kappa shape index (κ1) is 10.5. The summed E-state index contributed by atoms with van der Waals surface area (Å²) >= 11 is 0. The number of aryl methyl sites for hydroxylation is 2. The fourth-order valence-corrected chi connectivity index (χ4v) is 1.55. The largest absolute Gasteiger partial charge is 0.370 e. The van der Waals surface area contributed by atoms with Gasteiger partial charge in [0.05, 0.1) is 0 Å². The molecule has 0 bridgehead atoms. The molecule has 0 aromatic heterocycles. The SMILES string of the molecule is Cc1cc(F)cc(C)c1N(C)C(=N)N. The van der Waals surface area contributed by atoms with Gasteiger partial charge in [0.1, 0.15) is 5.82 Å². The van der Waals surface area contributed by atoms with Crippen molar-refractivity contribution < 1.29 is 4.39 Å². The zero-order valence-corrected chi connectivity index (χ0v) is 8.56. The van der Waals surface area contributed by atoms with E-state index in [4.69, 9.17) is 11.1 Å². The van der Waals surface area contributed by atoms with E-state index in [1.165, 1.54) is 17.0 Å². The monoisotopic (exact) mass is 195 g/mol. The Morgan fingerprint density at radius 3 is 2.14 bits per heavy atom. The molecule has 0 saturated carbocycles. The minimum atomic E-state index is -0.263. The van der Waals surface area contributed by atoms with Crippen molar-refractivity contribution in [3.63, 3.8) is 0 Å². The van der Waals surface area contributed by atoms with Crippen LogP contribution in [0.4, 0.5) is 10.1 Å². The average molecular weight is 195 g/mol. The standard InChI is InChI=1S/C10H14FN3/c1-6-4-8(11)5-7(2)9(6)14(3)10(12)13/h4-5H,1-3H3,(H3,12,13). The summed E-state index contributed by atoms with van der Waals surface area (Å²) in [5.74, 6) is -0.316. The van der Waals surface area contributed by atoms with Crippen molar-refractivity contribution in [2.75, 3.05) is 11.9 Å². The Hall–Kier alpha value is -1.58. The van der Waals surface area contributed by atoms with E-state index in [1.807, 2.05) is 0 Å². The maximum atomic E-state index is 13.0. The lowest BCUT2D eigenvalue weighted by molar-refractivity contribution is 0.625. The molecule has 76 valence electrons. The lowest BCUT2D eigenvalue weighted by Crippen LogP contribution is -2.33. The van der Waals surface area contributed by atoms with Crippen LogP contribution in [-0.2, 0) is 0 Å². The van der Waals surface area contributed by atoms with Crippen LogP contribution < -0.4 is 10.6 Å². The minimum absolute atomic E-state index is 0.0530. The summed E-state index contributed by atoms with van der Waals surface area (Å²) in [7, 11) is 1.69. The molecule has 0 saturated heterocycles. The van der Waals surface area contributed by atoms with Gasteiger partial charge < -0.3 is 10.6 Å². The van der Waals surface area contributed by atoms with Crippen LogP contribution in [0.2, 0.25) is 0 Å². The number of rotatable bonds is 1. The first-order valence-corrected chi connectivity index (χ1v) is 4.28. The van der Waals surface area contributed by atoms with Gasteiger partial charge in [0.15, 0.2) is 5.96 Å². The summed E-state index contributed by atoms with van der Waals surface area (Å²) in [5.41, 5.74) is 7.71. The van der Waals surface area contributed by atoms with Crippen molar-refractivity contribution >= 4 is 11.6 Å². The Morgan fingerprint density at radius 1 is 1.36 bits per heavy atom. The highest BCUT2D eigenvalue weighted by atomic mass is 19.1. The predicted molar refractivity (Wildman–Crippen MR) is 56.2 cm³/mol. The van der Waals surface area contributed by atoms with Crippen molar-refractivity contribution in [3.8, 4) is 0 Å². The third-order valence-electron chi connectivity index (χ3n) is 2.15. The van der Waals surface area contributed by atoms with Crippen LogP contribution in [0.1, 0.15) is 11.1 Å². The van der Waals surface area contributed by atoms with Gasteiger partial charge in [-0.15, -0.1) is 0 Å². The highest BCUT2D eigenvalue weighted by Gasteiger charge is 2.11. The average Bonchev–Trinajstić information content (AvgIpc) is 2.01. The number of anilines is 1. The fourth-order valence-electron chi connectivity index (χ4n) is 1.55. The lowest BCUT2D eigenvalue weighted by Gasteiger charge is -2.21. The quantitative estimate of drug-likeness (QED) is 0.530. The van der Waals surface area contributed by atoms with E-state index in [1.54, 1.807) is 20.9 Å². The minimum Gasteiger partial charge on any atom is -0.370 e. The number of hydrogen-bond donors (Lipinski definition) is 2. The topological polar surface area (TPSA) is 53.1 Å². The van der Waals surface area contributed by atoms with Gasteiger partial charge in [-0.2, -0.15) is 0 Å². The summed E-state index contributed by atoms with van der Waals surface area (Å²) in [5, 5.41) is 7.29.